The number of hydrogen-bond donors (Lipinski definition) is 3. The van der Waals surface area contributed by atoms with Crippen molar-refractivity contribution in [2.75, 3.05) is 31.5 Å². The van der Waals surface area contributed by atoms with E-state index in [1.54, 1.807) is 35.9 Å². The van der Waals surface area contributed by atoms with E-state index in [-0.39, 0.29) is 65.5 Å². The molecule has 0 unspecified atom stereocenters. The Bertz CT molecular complexity index is 1330. The fourth-order valence-electron chi connectivity index (χ4n) is 5.24. The maximum Gasteiger partial charge on any atom is 0.317 e. The van der Waals surface area contributed by atoms with Gasteiger partial charge in [0, 0.05) is 30.6 Å². The zero-order valence-corrected chi connectivity index (χ0v) is 25.2. The van der Waals surface area contributed by atoms with E-state index in [4.69, 9.17) is 16.3 Å². The summed E-state index contributed by atoms with van der Waals surface area (Å²) in [6.07, 6.45) is 4.69. The molecule has 10 nitrogen and oxygen atoms in total. The Morgan fingerprint density at radius 3 is 2.51 bits per heavy atom. The molecule has 0 bridgehead atoms. The van der Waals surface area contributed by atoms with Crippen LogP contribution in [0.4, 0.5) is 10.5 Å². The molecule has 1 saturated carbocycles. The maximum atomic E-state index is 13.7. The third-order valence-corrected chi connectivity index (χ3v) is 9.43. The number of benzene rings is 2. The van der Waals surface area contributed by atoms with Crippen LogP contribution in [0.3, 0.4) is 0 Å². The first-order valence-corrected chi connectivity index (χ1v) is 15.9. The summed E-state index contributed by atoms with van der Waals surface area (Å²) >= 11 is 5.94. The van der Waals surface area contributed by atoms with Gasteiger partial charge in [0.1, 0.15) is 6.10 Å². The molecule has 2 aromatic rings. The molecule has 41 heavy (non-hydrogen) atoms. The van der Waals surface area contributed by atoms with Gasteiger partial charge < -0.3 is 25.0 Å². The summed E-state index contributed by atoms with van der Waals surface area (Å²) in [7, 11) is -2.35. The average molecular weight is 607 g/mol. The fraction of sp³-hybridized carbons (Fsp3) is 0.517. The lowest BCUT2D eigenvalue weighted by Gasteiger charge is -2.38. The molecule has 0 saturated heterocycles. The minimum absolute atomic E-state index is 0.00348. The van der Waals surface area contributed by atoms with Crippen LogP contribution in [0, 0.1) is 5.92 Å². The minimum atomic E-state index is -4.05. The topological polar surface area (TPSA) is 128 Å². The molecule has 0 spiro atoms. The molecule has 3 amide bonds. The third-order valence-electron chi connectivity index (χ3n) is 7.79. The fourth-order valence-corrected chi connectivity index (χ4v) is 6.43. The van der Waals surface area contributed by atoms with E-state index in [0.29, 0.717) is 5.02 Å². The van der Waals surface area contributed by atoms with Crippen LogP contribution in [0.1, 0.15) is 56.3 Å². The molecule has 4 rings (SSSR count). The summed E-state index contributed by atoms with van der Waals surface area (Å²) in [4.78, 5) is 29.9. The van der Waals surface area contributed by atoms with Gasteiger partial charge in [0.2, 0.25) is 0 Å². The number of aliphatic hydroxyl groups is 1. The van der Waals surface area contributed by atoms with E-state index in [0.717, 1.165) is 25.7 Å². The quantitative estimate of drug-likeness (QED) is 0.410. The van der Waals surface area contributed by atoms with Gasteiger partial charge in [-0.1, -0.05) is 43.9 Å². The first kappa shape index (κ1) is 30.9. The monoisotopic (exact) mass is 606 g/mol. The lowest BCUT2D eigenvalue weighted by atomic mass is 9.96. The van der Waals surface area contributed by atoms with E-state index >= 15 is 0 Å². The van der Waals surface area contributed by atoms with Crippen LogP contribution in [0.5, 0.6) is 5.75 Å². The number of aliphatic hydroxyl groups excluding tert-OH is 1. The summed E-state index contributed by atoms with van der Waals surface area (Å²) in [5.41, 5.74) is 0.253. The molecular formula is C29H39ClN4O6S. The van der Waals surface area contributed by atoms with E-state index in [1.807, 2.05) is 6.92 Å². The molecule has 3 N–H and O–H groups in total. The van der Waals surface area contributed by atoms with Gasteiger partial charge in [-0.2, -0.15) is 0 Å². The van der Waals surface area contributed by atoms with Crippen molar-refractivity contribution >= 4 is 39.2 Å². The highest BCUT2D eigenvalue weighted by Crippen LogP contribution is 2.36. The smallest absolute Gasteiger partial charge is 0.317 e. The molecule has 3 atom stereocenters. The number of halogens is 1. The standard InChI is InChI=1S/C29H39ClN4O6S/c1-19-16-34(20(2)18-35)28(36)24-10-7-11-25(32-41(38,39)23-14-12-21(30)13-15-23)27(24)40-26(19)17-33(3)29(37)31-22-8-5-4-6-9-22/h7,10-15,19-20,22,26,32,35H,4-6,8-9,16-18H2,1-3H3,(H,31,37)/t19-,20-,26-/m1/s1. The molecule has 1 aliphatic carbocycles. The Hall–Kier alpha value is -3.02. The summed E-state index contributed by atoms with van der Waals surface area (Å²) in [5.74, 6) is -0.572. The number of hydrogen-bond acceptors (Lipinski definition) is 6. The molecule has 1 heterocycles. The van der Waals surface area contributed by atoms with Crippen molar-refractivity contribution in [2.24, 2.45) is 5.92 Å². The first-order chi connectivity index (χ1) is 19.5. The number of ether oxygens (including phenoxy) is 1. The van der Waals surface area contributed by atoms with Gasteiger partial charge in [-0.25, -0.2) is 13.2 Å². The van der Waals surface area contributed by atoms with Crippen LogP contribution in [-0.4, -0.2) is 80.2 Å². The normalized spacial score (nSPS) is 20.7. The maximum absolute atomic E-state index is 13.7. The van der Waals surface area contributed by atoms with E-state index in [1.165, 1.54) is 36.8 Å². The number of likely N-dealkylation sites (N-methyl/N-ethyl adjacent to an activating group) is 1. The molecule has 2 aromatic carbocycles. The molecule has 224 valence electrons. The number of fused-ring (bicyclic) bond motifs is 1. The van der Waals surface area contributed by atoms with Crippen LogP contribution < -0.4 is 14.8 Å². The van der Waals surface area contributed by atoms with Crippen molar-refractivity contribution < 1.29 is 27.9 Å². The number of nitrogens with zero attached hydrogens (tertiary/aromatic N) is 2. The largest absolute Gasteiger partial charge is 0.485 e. The number of urea groups is 1. The Labute approximate surface area is 247 Å². The highest BCUT2D eigenvalue weighted by molar-refractivity contribution is 7.92. The second-order valence-corrected chi connectivity index (χ2v) is 13.1. The van der Waals surface area contributed by atoms with Gasteiger partial charge in [-0.05, 0) is 56.2 Å². The predicted octanol–water partition coefficient (Wildman–Crippen LogP) is 4.34. The van der Waals surface area contributed by atoms with Gasteiger partial charge in [-0.3, -0.25) is 9.52 Å². The van der Waals surface area contributed by atoms with E-state index in [9.17, 15) is 23.1 Å². The Balaban J connectivity index is 1.66. The van der Waals surface area contributed by atoms with Gasteiger partial charge in [0.05, 0.1) is 35.3 Å². The lowest BCUT2D eigenvalue weighted by Crippen LogP contribution is -2.52. The third kappa shape index (κ3) is 7.44. The summed E-state index contributed by atoms with van der Waals surface area (Å²) in [6.45, 7) is 3.90. The molecule has 0 radical (unpaired) electrons. The number of rotatable bonds is 8. The number of sulfonamides is 1. The SMILES string of the molecule is C[C@@H]1CN([C@H](C)CO)C(=O)c2cccc(NS(=O)(=O)c3ccc(Cl)cc3)c2O[C@@H]1CN(C)C(=O)NC1CCCCC1. The second kappa shape index (κ2) is 13.3. The van der Waals surface area contributed by atoms with Crippen molar-refractivity contribution in [3.8, 4) is 5.75 Å². The Morgan fingerprint density at radius 1 is 1.17 bits per heavy atom. The van der Waals surface area contributed by atoms with Crippen molar-refractivity contribution in [1.82, 2.24) is 15.1 Å². The molecule has 0 aromatic heterocycles. The summed E-state index contributed by atoms with van der Waals surface area (Å²) < 4.78 is 35.5. The Kier molecular flexibility index (Phi) is 10.0. The van der Waals surface area contributed by atoms with Crippen LogP contribution in [0.15, 0.2) is 47.4 Å². The van der Waals surface area contributed by atoms with Gasteiger partial charge >= 0.3 is 6.03 Å². The average Bonchev–Trinajstić information content (AvgIpc) is 2.95. The van der Waals surface area contributed by atoms with Crippen LogP contribution in [0.25, 0.3) is 0 Å². The van der Waals surface area contributed by atoms with Crippen molar-refractivity contribution in [3.63, 3.8) is 0 Å². The predicted molar refractivity (Wildman–Crippen MR) is 158 cm³/mol. The number of amides is 3. The molecule has 1 fully saturated rings. The molecule has 12 heteroatoms. The van der Waals surface area contributed by atoms with Crippen LogP contribution in [-0.2, 0) is 10.0 Å². The summed E-state index contributed by atoms with van der Waals surface area (Å²) in [5, 5.41) is 13.4. The lowest BCUT2D eigenvalue weighted by molar-refractivity contribution is 0.0368. The molecule has 1 aliphatic heterocycles. The number of nitrogens with one attached hydrogen (secondary N) is 2. The van der Waals surface area contributed by atoms with Gasteiger partial charge in [0.15, 0.2) is 5.75 Å². The minimum Gasteiger partial charge on any atom is -0.485 e. The second-order valence-electron chi connectivity index (χ2n) is 11.0. The number of carbonyl (C=O) groups excluding carboxylic acids is 2. The van der Waals surface area contributed by atoms with Gasteiger partial charge in [-0.15, -0.1) is 0 Å². The van der Waals surface area contributed by atoms with Crippen molar-refractivity contribution in [3.05, 3.63) is 53.1 Å². The van der Waals surface area contributed by atoms with Crippen molar-refractivity contribution in [1.29, 1.82) is 0 Å². The van der Waals surface area contributed by atoms with E-state index in [2.05, 4.69) is 10.0 Å². The highest BCUT2D eigenvalue weighted by atomic mass is 35.5. The zero-order valence-electron chi connectivity index (χ0n) is 23.7. The molecular weight excluding hydrogens is 568 g/mol. The van der Waals surface area contributed by atoms with Crippen molar-refractivity contribution in [2.45, 2.75) is 69.0 Å². The van der Waals surface area contributed by atoms with Crippen LogP contribution in [0.2, 0.25) is 5.02 Å². The van der Waals surface area contributed by atoms with E-state index < -0.39 is 22.2 Å². The molecule has 2 aliphatic rings. The summed E-state index contributed by atoms with van der Waals surface area (Å²) in [6, 6.07) is 9.86. The number of para-hydroxylation sites is 1. The number of anilines is 1. The highest BCUT2D eigenvalue weighted by Gasteiger charge is 2.35. The van der Waals surface area contributed by atoms with Gasteiger partial charge in [0.25, 0.3) is 15.9 Å². The number of carbonyl (C=O) groups is 2. The van der Waals surface area contributed by atoms with Crippen LogP contribution >= 0.6 is 11.6 Å². The zero-order chi connectivity index (χ0) is 29.7. The Morgan fingerprint density at radius 2 is 1.85 bits per heavy atom. The first-order valence-electron chi connectivity index (χ1n) is 14.0.